The second-order valence-electron chi connectivity index (χ2n) is 3.67. The summed E-state index contributed by atoms with van der Waals surface area (Å²) in [6.45, 7) is 1.83. The fourth-order valence-corrected chi connectivity index (χ4v) is 2.10. The summed E-state index contributed by atoms with van der Waals surface area (Å²) in [4.78, 5) is 11.2. The Morgan fingerprint density at radius 1 is 1.39 bits per heavy atom. The van der Waals surface area contributed by atoms with Gasteiger partial charge in [-0.2, -0.15) is 5.10 Å². The number of hydrogen-bond donors (Lipinski definition) is 1. The van der Waals surface area contributed by atoms with Crippen LogP contribution in [0.15, 0.2) is 34.5 Å². The fraction of sp³-hybridized carbons (Fsp3) is 0.250. The zero-order chi connectivity index (χ0) is 13.0. The van der Waals surface area contributed by atoms with Gasteiger partial charge in [0.1, 0.15) is 5.75 Å². The smallest absolute Gasteiger partial charge is 0.239 e. The minimum atomic E-state index is -0.0973. The van der Waals surface area contributed by atoms with Crippen LogP contribution >= 0.6 is 11.8 Å². The van der Waals surface area contributed by atoms with E-state index in [1.54, 1.807) is 13.3 Å². The summed E-state index contributed by atoms with van der Waals surface area (Å²) in [6, 6.07) is 7.46. The molecule has 1 saturated heterocycles. The molecule has 1 atom stereocenters. The van der Waals surface area contributed by atoms with E-state index in [9.17, 15) is 4.79 Å². The number of nitrogens with one attached hydrogen (secondary N) is 1. The summed E-state index contributed by atoms with van der Waals surface area (Å²) < 4.78 is 5.06. The third kappa shape index (κ3) is 3.10. The molecule has 1 fully saturated rings. The molecule has 6 heteroatoms. The van der Waals surface area contributed by atoms with Crippen molar-refractivity contribution >= 4 is 29.1 Å². The first-order valence-electron chi connectivity index (χ1n) is 5.41. The summed E-state index contributed by atoms with van der Waals surface area (Å²) in [5.74, 6) is 0.768. The molecular weight excluding hydrogens is 250 g/mol. The predicted octanol–water partition coefficient (Wildman–Crippen LogP) is 1.64. The number of methoxy groups -OCH3 is 1. The molecule has 0 radical (unpaired) electrons. The molecule has 18 heavy (non-hydrogen) atoms. The van der Waals surface area contributed by atoms with E-state index in [0.717, 1.165) is 11.3 Å². The minimum Gasteiger partial charge on any atom is -0.497 e. The molecule has 1 aromatic rings. The van der Waals surface area contributed by atoms with Gasteiger partial charge in [-0.3, -0.25) is 4.79 Å². The van der Waals surface area contributed by atoms with Gasteiger partial charge in [-0.05, 0) is 36.8 Å². The Balaban J connectivity index is 1.99. The predicted molar refractivity (Wildman–Crippen MR) is 73.2 cm³/mol. The second-order valence-corrected chi connectivity index (χ2v) is 5.00. The van der Waals surface area contributed by atoms with Crippen molar-refractivity contribution in [2.45, 2.75) is 12.2 Å². The number of benzene rings is 1. The van der Waals surface area contributed by atoms with Gasteiger partial charge in [0.15, 0.2) is 5.17 Å². The highest BCUT2D eigenvalue weighted by atomic mass is 32.2. The largest absolute Gasteiger partial charge is 0.497 e. The lowest BCUT2D eigenvalue weighted by Crippen LogP contribution is -2.23. The van der Waals surface area contributed by atoms with Gasteiger partial charge in [0.2, 0.25) is 5.91 Å². The van der Waals surface area contributed by atoms with Crippen LogP contribution in [0.25, 0.3) is 0 Å². The Morgan fingerprint density at radius 2 is 2.11 bits per heavy atom. The van der Waals surface area contributed by atoms with Crippen LogP contribution < -0.4 is 10.1 Å². The fourth-order valence-electron chi connectivity index (χ4n) is 1.34. The molecule has 0 unspecified atom stereocenters. The van der Waals surface area contributed by atoms with E-state index in [1.807, 2.05) is 31.2 Å². The highest BCUT2D eigenvalue weighted by Gasteiger charge is 2.25. The number of carbonyl (C=O) groups excluding carboxylic acids is 1. The zero-order valence-electron chi connectivity index (χ0n) is 10.1. The molecular formula is C12H13N3O2S. The minimum absolute atomic E-state index is 0.0293. The second kappa shape index (κ2) is 5.68. The molecule has 2 rings (SSSR count). The lowest BCUT2D eigenvalue weighted by atomic mass is 10.2. The molecule has 0 spiro atoms. The lowest BCUT2D eigenvalue weighted by molar-refractivity contribution is -0.118. The maximum absolute atomic E-state index is 11.2. The SMILES string of the molecule is COc1ccc(C=N/N=C2\NC(=O)[C@@H](C)S2)cc1. The van der Waals surface area contributed by atoms with E-state index in [-0.39, 0.29) is 11.2 Å². The molecule has 5 nitrogen and oxygen atoms in total. The first kappa shape index (κ1) is 12.6. The van der Waals surface area contributed by atoms with E-state index >= 15 is 0 Å². The Bertz CT molecular complexity index is 497. The molecule has 94 valence electrons. The number of ether oxygens (including phenoxy) is 1. The Labute approximate surface area is 109 Å². The highest BCUT2D eigenvalue weighted by Crippen LogP contribution is 2.18. The van der Waals surface area contributed by atoms with E-state index in [1.165, 1.54) is 11.8 Å². The van der Waals surface area contributed by atoms with Gasteiger partial charge in [-0.15, -0.1) is 5.10 Å². The lowest BCUT2D eigenvalue weighted by Gasteiger charge is -1.98. The Hall–Kier alpha value is -1.82. The maximum Gasteiger partial charge on any atom is 0.239 e. The average Bonchev–Trinajstić information content (AvgIpc) is 2.69. The van der Waals surface area contributed by atoms with Crippen LogP contribution in [0.5, 0.6) is 5.75 Å². The van der Waals surface area contributed by atoms with Crippen LogP contribution in [0.2, 0.25) is 0 Å². The number of rotatable bonds is 3. The Kier molecular flexibility index (Phi) is 3.99. The van der Waals surface area contributed by atoms with Crippen molar-refractivity contribution in [1.82, 2.24) is 5.32 Å². The molecule has 1 heterocycles. The molecule has 1 aliphatic rings. The number of thioether (sulfide) groups is 1. The van der Waals surface area contributed by atoms with Gasteiger partial charge in [0, 0.05) is 0 Å². The quantitative estimate of drug-likeness (QED) is 0.666. The van der Waals surface area contributed by atoms with Crippen molar-refractivity contribution < 1.29 is 9.53 Å². The van der Waals surface area contributed by atoms with Gasteiger partial charge < -0.3 is 10.1 Å². The van der Waals surface area contributed by atoms with Crippen molar-refractivity contribution in [2.75, 3.05) is 7.11 Å². The maximum atomic E-state index is 11.2. The van der Waals surface area contributed by atoms with E-state index in [0.29, 0.717) is 5.17 Å². The first-order chi connectivity index (χ1) is 8.69. The van der Waals surface area contributed by atoms with Crippen molar-refractivity contribution in [2.24, 2.45) is 10.2 Å². The summed E-state index contributed by atoms with van der Waals surface area (Å²) in [5.41, 5.74) is 0.919. The van der Waals surface area contributed by atoms with Gasteiger partial charge in [-0.25, -0.2) is 0 Å². The number of amides is 1. The van der Waals surface area contributed by atoms with Gasteiger partial charge in [0.25, 0.3) is 0 Å². The van der Waals surface area contributed by atoms with Crippen molar-refractivity contribution in [3.8, 4) is 5.75 Å². The monoisotopic (exact) mass is 263 g/mol. The molecule has 0 aromatic heterocycles. The first-order valence-corrected chi connectivity index (χ1v) is 6.29. The number of amidine groups is 1. The Morgan fingerprint density at radius 3 is 2.67 bits per heavy atom. The number of nitrogens with zero attached hydrogens (tertiary/aromatic N) is 2. The van der Waals surface area contributed by atoms with Gasteiger partial charge in [0.05, 0.1) is 18.6 Å². The van der Waals surface area contributed by atoms with E-state index in [2.05, 4.69) is 15.5 Å². The van der Waals surface area contributed by atoms with Crippen LogP contribution in [-0.2, 0) is 4.79 Å². The van der Waals surface area contributed by atoms with E-state index in [4.69, 9.17) is 4.74 Å². The molecule has 1 amide bonds. The third-order valence-electron chi connectivity index (χ3n) is 2.36. The zero-order valence-corrected chi connectivity index (χ0v) is 10.9. The van der Waals surface area contributed by atoms with Crippen molar-refractivity contribution in [3.63, 3.8) is 0 Å². The summed E-state index contributed by atoms with van der Waals surface area (Å²) in [6.07, 6.45) is 1.63. The van der Waals surface area contributed by atoms with Crippen molar-refractivity contribution in [3.05, 3.63) is 29.8 Å². The average molecular weight is 263 g/mol. The topological polar surface area (TPSA) is 63.1 Å². The standard InChI is InChI=1S/C12H13N3O2S/c1-8-11(16)14-12(18-8)15-13-7-9-3-5-10(17-2)6-4-9/h3-8H,1-2H3,(H,14,15,16)/t8-/m1/s1. The molecule has 1 N–H and O–H groups in total. The third-order valence-corrected chi connectivity index (χ3v) is 3.33. The molecule has 0 aliphatic carbocycles. The van der Waals surface area contributed by atoms with Gasteiger partial charge >= 0.3 is 0 Å². The molecule has 1 aromatic carbocycles. The number of hydrogen-bond acceptors (Lipinski definition) is 5. The summed E-state index contributed by atoms with van der Waals surface area (Å²) in [7, 11) is 1.62. The van der Waals surface area contributed by atoms with Crippen LogP contribution in [0.1, 0.15) is 12.5 Å². The molecule has 1 aliphatic heterocycles. The van der Waals surface area contributed by atoms with Crippen LogP contribution in [0, 0.1) is 0 Å². The molecule has 0 saturated carbocycles. The normalized spacial score (nSPS) is 21.6. The van der Waals surface area contributed by atoms with Gasteiger partial charge in [-0.1, -0.05) is 11.8 Å². The van der Waals surface area contributed by atoms with Crippen molar-refractivity contribution in [1.29, 1.82) is 0 Å². The molecule has 0 bridgehead atoms. The highest BCUT2D eigenvalue weighted by molar-refractivity contribution is 8.15. The summed E-state index contributed by atoms with van der Waals surface area (Å²) in [5, 5.41) is 11.0. The number of carbonyl (C=O) groups is 1. The van der Waals surface area contributed by atoms with E-state index < -0.39 is 0 Å². The summed E-state index contributed by atoms with van der Waals surface area (Å²) >= 11 is 1.37. The van der Waals surface area contributed by atoms with Crippen LogP contribution in [-0.4, -0.2) is 29.6 Å². The van der Waals surface area contributed by atoms with Crippen LogP contribution in [0.4, 0.5) is 0 Å². The van der Waals surface area contributed by atoms with Crippen LogP contribution in [0.3, 0.4) is 0 Å².